The predicted octanol–water partition coefficient (Wildman–Crippen LogP) is 0.487. The van der Waals surface area contributed by atoms with E-state index < -0.39 is 11.2 Å². The van der Waals surface area contributed by atoms with Crippen LogP contribution < -0.4 is 0 Å². The standard InChI is InChI=1S/C9H16O3/c1-8(11)4-3-7(6-10)5-9(8,2)12/h6-7,11-12H,3-5H2,1-2H3/t7-,8+,9+/m0/s1. The first kappa shape index (κ1) is 9.68. The Balaban J connectivity index is 2.74. The van der Waals surface area contributed by atoms with Gasteiger partial charge < -0.3 is 15.0 Å². The molecule has 3 atom stereocenters. The number of aldehydes is 1. The smallest absolute Gasteiger partial charge is 0.123 e. The van der Waals surface area contributed by atoms with Crippen LogP contribution in [0.4, 0.5) is 0 Å². The van der Waals surface area contributed by atoms with E-state index in [1.807, 2.05) is 0 Å². The second-order valence-electron chi connectivity index (χ2n) is 4.19. The molecule has 0 unspecified atom stereocenters. The van der Waals surface area contributed by atoms with Crippen molar-refractivity contribution in [1.82, 2.24) is 0 Å². The van der Waals surface area contributed by atoms with Crippen molar-refractivity contribution < 1.29 is 15.0 Å². The molecule has 2 N–H and O–H groups in total. The molecular formula is C9H16O3. The molecule has 0 aromatic rings. The van der Waals surface area contributed by atoms with Crippen molar-refractivity contribution in [2.45, 2.75) is 44.3 Å². The molecule has 12 heavy (non-hydrogen) atoms. The fourth-order valence-electron chi connectivity index (χ4n) is 1.68. The summed E-state index contributed by atoms with van der Waals surface area (Å²) in [5, 5.41) is 19.5. The van der Waals surface area contributed by atoms with Crippen molar-refractivity contribution in [2.24, 2.45) is 5.92 Å². The summed E-state index contributed by atoms with van der Waals surface area (Å²) in [6.07, 6.45) is 2.39. The summed E-state index contributed by atoms with van der Waals surface area (Å²) >= 11 is 0. The zero-order valence-electron chi connectivity index (χ0n) is 7.58. The molecule has 0 aliphatic heterocycles. The first-order valence-electron chi connectivity index (χ1n) is 4.29. The number of rotatable bonds is 1. The molecule has 0 aromatic heterocycles. The van der Waals surface area contributed by atoms with Crippen LogP contribution in [0.3, 0.4) is 0 Å². The first-order valence-corrected chi connectivity index (χ1v) is 4.29. The quantitative estimate of drug-likeness (QED) is 0.566. The molecule has 0 saturated heterocycles. The molecule has 3 heteroatoms. The van der Waals surface area contributed by atoms with Crippen molar-refractivity contribution >= 4 is 6.29 Å². The van der Waals surface area contributed by atoms with E-state index in [2.05, 4.69) is 0 Å². The van der Waals surface area contributed by atoms with Gasteiger partial charge in [0.15, 0.2) is 0 Å². The monoisotopic (exact) mass is 172 g/mol. The molecule has 0 radical (unpaired) electrons. The highest BCUT2D eigenvalue weighted by atomic mass is 16.4. The third-order valence-corrected chi connectivity index (χ3v) is 3.01. The van der Waals surface area contributed by atoms with Crippen LogP contribution in [0.25, 0.3) is 0 Å². The van der Waals surface area contributed by atoms with Crippen LogP contribution in [0.2, 0.25) is 0 Å². The molecule has 3 nitrogen and oxygen atoms in total. The zero-order chi connectivity index (χ0) is 9.41. The average Bonchev–Trinajstić information content (AvgIpc) is 1.95. The van der Waals surface area contributed by atoms with Gasteiger partial charge in [0.1, 0.15) is 6.29 Å². The zero-order valence-corrected chi connectivity index (χ0v) is 7.58. The minimum atomic E-state index is -1.13. The number of hydrogen-bond donors (Lipinski definition) is 2. The first-order chi connectivity index (χ1) is 5.39. The molecule has 0 heterocycles. The van der Waals surface area contributed by atoms with Gasteiger partial charge >= 0.3 is 0 Å². The second kappa shape index (κ2) is 2.82. The van der Waals surface area contributed by atoms with Crippen LogP contribution in [-0.2, 0) is 4.79 Å². The van der Waals surface area contributed by atoms with E-state index in [4.69, 9.17) is 0 Å². The van der Waals surface area contributed by atoms with E-state index in [1.165, 1.54) is 0 Å². The van der Waals surface area contributed by atoms with Gasteiger partial charge in [0.25, 0.3) is 0 Å². The maximum absolute atomic E-state index is 10.5. The molecule has 0 spiro atoms. The lowest BCUT2D eigenvalue weighted by molar-refractivity contribution is -0.166. The number of carbonyl (C=O) groups excluding carboxylic acids is 1. The van der Waals surface area contributed by atoms with E-state index in [9.17, 15) is 15.0 Å². The van der Waals surface area contributed by atoms with Gasteiger partial charge in [-0.15, -0.1) is 0 Å². The van der Waals surface area contributed by atoms with Crippen molar-refractivity contribution in [2.75, 3.05) is 0 Å². The summed E-state index contributed by atoms with van der Waals surface area (Å²) < 4.78 is 0. The Morgan fingerprint density at radius 1 is 1.33 bits per heavy atom. The summed E-state index contributed by atoms with van der Waals surface area (Å²) in [5.41, 5.74) is -2.18. The molecule has 0 aromatic carbocycles. The highest BCUT2D eigenvalue weighted by molar-refractivity contribution is 5.54. The minimum Gasteiger partial charge on any atom is -0.387 e. The minimum absolute atomic E-state index is 0.0970. The van der Waals surface area contributed by atoms with Gasteiger partial charge in [0.2, 0.25) is 0 Å². The van der Waals surface area contributed by atoms with Crippen LogP contribution in [-0.4, -0.2) is 27.7 Å². The molecule has 0 bridgehead atoms. The molecular weight excluding hydrogens is 156 g/mol. The van der Waals surface area contributed by atoms with Gasteiger partial charge in [-0.05, 0) is 33.1 Å². The van der Waals surface area contributed by atoms with Gasteiger partial charge in [-0.1, -0.05) is 0 Å². The highest BCUT2D eigenvalue weighted by Crippen LogP contribution is 2.38. The van der Waals surface area contributed by atoms with Crippen LogP contribution >= 0.6 is 0 Å². The Kier molecular flexibility index (Phi) is 2.27. The van der Waals surface area contributed by atoms with Gasteiger partial charge in [-0.25, -0.2) is 0 Å². The lowest BCUT2D eigenvalue weighted by Gasteiger charge is -2.44. The Bertz CT molecular complexity index is 184. The van der Waals surface area contributed by atoms with Crippen LogP contribution in [0.15, 0.2) is 0 Å². The molecule has 1 aliphatic rings. The summed E-state index contributed by atoms with van der Waals surface area (Å²) in [6.45, 7) is 3.21. The maximum atomic E-state index is 10.5. The molecule has 0 amide bonds. The van der Waals surface area contributed by atoms with Gasteiger partial charge in [0.05, 0.1) is 11.2 Å². The fourth-order valence-corrected chi connectivity index (χ4v) is 1.68. The van der Waals surface area contributed by atoms with Crippen molar-refractivity contribution in [3.63, 3.8) is 0 Å². The molecule has 1 rings (SSSR count). The van der Waals surface area contributed by atoms with Gasteiger partial charge in [-0.3, -0.25) is 0 Å². The van der Waals surface area contributed by atoms with Crippen LogP contribution in [0.5, 0.6) is 0 Å². The molecule has 1 saturated carbocycles. The van der Waals surface area contributed by atoms with Gasteiger partial charge in [0, 0.05) is 5.92 Å². The van der Waals surface area contributed by atoms with Crippen molar-refractivity contribution in [3.05, 3.63) is 0 Å². The lowest BCUT2D eigenvalue weighted by Crippen LogP contribution is -2.54. The lowest BCUT2D eigenvalue weighted by atomic mass is 9.70. The number of aliphatic hydroxyl groups is 2. The van der Waals surface area contributed by atoms with Crippen molar-refractivity contribution in [1.29, 1.82) is 0 Å². The summed E-state index contributed by atoms with van der Waals surface area (Å²) in [7, 11) is 0. The maximum Gasteiger partial charge on any atom is 0.123 e. The Hall–Kier alpha value is -0.410. The number of hydrogen-bond acceptors (Lipinski definition) is 3. The normalized spacial score (nSPS) is 48.8. The van der Waals surface area contributed by atoms with Crippen molar-refractivity contribution in [3.8, 4) is 0 Å². The topological polar surface area (TPSA) is 57.5 Å². The molecule has 1 fully saturated rings. The highest BCUT2D eigenvalue weighted by Gasteiger charge is 2.46. The van der Waals surface area contributed by atoms with E-state index in [-0.39, 0.29) is 5.92 Å². The van der Waals surface area contributed by atoms with Crippen LogP contribution in [0, 0.1) is 5.92 Å². The number of carbonyl (C=O) groups is 1. The van der Waals surface area contributed by atoms with Gasteiger partial charge in [-0.2, -0.15) is 0 Å². The van der Waals surface area contributed by atoms with E-state index in [0.29, 0.717) is 19.3 Å². The summed E-state index contributed by atoms with van der Waals surface area (Å²) in [5.74, 6) is -0.0970. The predicted molar refractivity (Wildman–Crippen MR) is 44.7 cm³/mol. The fraction of sp³-hybridized carbons (Fsp3) is 0.889. The van der Waals surface area contributed by atoms with E-state index in [1.54, 1.807) is 13.8 Å². The average molecular weight is 172 g/mol. The Labute approximate surface area is 72.4 Å². The van der Waals surface area contributed by atoms with Crippen LogP contribution in [0.1, 0.15) is 33.1 Å². The summed E-state index contributed by atoms with van der Waals surface area (Å²) in [4.78, 5) is 10.5. The van der Waals surface area contributed by atoms with E-state index >= 15 is 0 Å². The third kappa shape index (κ3) is 1.52. The second-order valence-corrected chi connectivity index (χ2v) is 4.19. The third-order valence-electron chi connectivity index (χ3n) is 3.01. The molecule has 70 valence electrons. The largest absolute Gasteiger partial charge is 0.387 e. The Morgan fingerprint density at radius 3 is 2.33 bits per heavy atom. The Morgan fingerprint density at radius 2 is 1.92 bits per heavy atom. The SMILES string of the molecule is C[C@@]1(O)CC[C@H](C=O)C[C@@]1(C)O. The summed E-state index contributed by atoms with van der Waals surface area (Å²) in [6, 6.07) is 0. The van der Waals surface area contributed by atoms with E-state index in [0.717, 1.165) is 6.29 Å². The molecule has 1 aliphatic carbocycles.